The second-order valence-electron chi connectivity index (χ2n) is 6.07. The van der Waals surface area contributed by atoms with Crippen LogP contribution < -0.4 is 15.4 Å². The highest BCUT2D eigenvalue weighted by molar-refractivity contribution is 7.89. The van der Waals surface area contributed by atoms with Crippen LogP contribution in [0.4, 0.5) is 5.69 Å². The molecule has 1 saturated heterocycles. The van der Waals surface area contributed by atoms with Crippen LogP contribution >= 0.6 is 12.4 Å². The average Bonchev–Trinajstić information content (AvgIpc) is 2.55. The van der Waals surface area contributed by atoms with Crippen molar-refractivity contribution in [3.63, 3.8) is 0 Å². The van der Waals surface area contributed by atoms with Gasteiger partial charge in [0.05, 0.1) is 4.90 Å². The predicted octanol–water partition coefficient (Wildman–Crippen LogP) is 1.98. The van der Waals surface area contributed by atoms with Crippen molar-refractivity contribution >= 4 is 34.0 Å². The standard InChI is InChI=1S/C16H25N3O3S.ClH/c1-12(13-5-4-8-18-11-13)9-16(20)19-14-6-3-7-15(10-14)23(21,22)17-2;/h3,6-7,10,12-13,17-18H,4-5,8-9,11H2,1-2H3,(H,19,20);1H. The summed E-state index contributed by atoms with van der Waals surface area (Å²) in [6.07, 6.45) is 2.74. The Morgan fingerprint density at radius 2 is 2.17 bits per heavy atom. The SMILES string of the molecule is CNS(=O)(=O)c1cccc(NC(=O)CC(C)C2CCCNC2)c1.Cl. The molecule has 0 aliphatic carbocycles. The van der Waals surface area contributed by atoms with E-state index in [1.165, 1.54) is 19.2 Å². The maximum atomic E-state index is 12.2. The number of nitrogens with one attached hydrogen (secondary N) is 3. The van der Waals surface area contributed by atoms with E-state index in [1.807, 2.05) is 0 Å². The third kappa shape index (κ3) is 5.73. The third-order valence-electron chi connectivity index (χ3n) is 4.34. The summed E-state index contributed by atoms with van der Waals surface area (Å²) in [6.45, 7) is 4.12. The monoisotopic (exact) mass is 375 g/mol. The first-order valence-electron chi connectivity index (χ1n) is 7.96. The Balaban J connectivity index is 0.00000288. The van der Waals surface area contributed by atoms with Crippen molar-refractivity contribution in [3.8, 4) is 0 Å². The second-order valence-corrected chi connectivity index (χ2v) is 7.96. The summed E-state index contributed by atoms with van der Waals surface area (Å²) in [5, 5.41) is 6.16. The number of halogens is 1. The molecule has 1 amide bonds. The fraction of sp³-hybridized carbons (Fsp3) is 0.562. The van der Waals surface area contributed by atoms with Crippen LogP contribution in [-0.2, 0) is 14.8 Å². The first-order chi connectivity index (χ1) is 10.9. The Kier molecular flexibility index (Phi) is 8.15. The second kappa shape index (κ2) is 9.36. The molecule has 8 heteroatoms. The Morgan fingerprint density at radius 1 is 1.42 bits per heavy atom. The topological polar surface area (TPSA) is 87.3 Å². The summed E-state index contributed by atoms with van der Waals surface area (Å²) in [5.74, 6) is 0.736. The largest absolute Gasteiger partial charge is 0.326 e. The van der Waals surface area contributed by atoms with E-state index in [0.29, 0.717) is 23.9 Å². The minimum atomic E-state index is -3.51. The number of carbonyl (C=O) groups excluding carboxylic acids is 1. The van der Waals surface area contributed by atoms with E-state index < -0.39 is 10.0 Å². The van der Waals surface area contributed by atoms with Crippen molar-refractivity contribution in [2.24, 2.45) is 11.8 Å². The van der Waals surface area contributed by atoms with Crippen LogP contribution in [-0.4, -0.2) is 34.5 Å². The Bertz CT molecular complexity index is 646. The smallest absolute Gasteiger partial charge is 0.240 e. The summed E-state index contributed by atoms with van der Waals surface area (Å²) in [4.78, 5) is 12.3. The number of benzene rings is 1. The van der Waals surface area contributed by atoms with Gasteiger partial charge in [-0.2, -0.15) is 0 Å². The van der Waals surface area contributed by atoms with Gasteiger partial charge in [0, 0.05) is 12.1 Å². The molecule has 1 aromatic carbocycles. The molecule has 0 bridgehead atoms. The Morgan fingerprint density at radius 3 is 2.79 bits per heavy atom. The van der Waals surface area contributed by atoms with Crippen LogP contribution in [0.5, 0.6) is 0 Å². The van der Waals surface area contributed by atoms with E-state index in [4.69, 9.17) is 0 Å². The first kappa shape index (κ1) is 20.9. The highest BCUT2D eigenvalue weighted by atomic mass is 35.5. The Labute approximate surface area is 150 Å². The lowest BCUT2D eigenvalue weighted by atomic mass is 9.85. The highest BCUT2D eigenvalue weighted by Gasteiger charge is 2.22. The minimum Gasteiger partial charge on any atom is -0.326 e. The van der Waals surface area contributed by atoms with Gasteiger partial charge in [-0.1, -0.05) is 13.0 Å². The van der Waals surface area contributed by atoms with Crippen LogP contribution in [0.25, 0.3) is 0 Å². The van der Waals surface area contributed by atoms with E-state index >= 15 is 0 Å². The van der Waals surface area contributed by atoms with Crippen LogP contribution in [0.3, 0.4) is 0 Å². The molecule has 2 unspecified atom stereocenters. The van der Waals surface area contributed by atoms with Crippen molar-refractivity contribution in [1.82, 2.24) is 10.0 Å². The zero-order valence-electron chi connectivity index (χ0n) is 14.0. The van der Waals surface area contributed by atoms with Crippen LogP contribution in [0.1, 0.15) is 26.2 Å². The zero-order valence-corrected chi connectivity index (χ0v) is 15.7. The molecule has 0 saturated carbocycles. The summed E-state index contributed by atoms with van der Waals surface area (Å²) >= 11 is 0. The van der Waals surface area contributed by atoms with Gasteiger partial charge in [0.15, 0.2) is 0 Å². The van der Waals surface area contributed by atoms with E-state index in [0.717, 1.165) is 25.9 Å². The number of sulfonamides is 1. The van der Waals surface area contributed by atoms with Gasteiger partial charge in [-0.3, -0.25) is 4.79 Å². The lowest BCUT2D eigenvalue weighted by Gasteiger charge is -2.28. The molecule has 1 aliphatic rings. The molecule has 2 rings (SSSR count). The number of piperidine rings is 1. The van der Waals surface area contributed by atoms with Gasteiger partial charge in [-0.25, -0.2) is 13.1 Å². The number of hydrogen-bond acceptors (Lipinski definition) is 4. The average molecular weight is 376 g/mol. The van der Waals surface area contributed by atoms with Crippen molar-refractivity contribution in [2.45, 2.75) is 31.1 Å². The molecule has 0 radical (unpaired) electrons. The summed E-state index contributed by atoms with van der Waals surface area (Å²) in [5.41, 5.74) is 0.500. The maximum absolute atomic E-state index is 12.2. The molecule has 1 fully saturated rings. The molecular formula is C16H26ClN3O3S. The number of hydrogen-bond donors (Lipinski definition) is 3. The molecule has 1 heterocycles. The summed E-state index contributed by atoms with van der Waals surface area (Å²) in [7, 11) is -2.14. The molecule has 0 aromatic heterocycles. The van der Waals surface area contributed by atoms with Crippen LogP contribution in [0.15, 0.2) is 29.2 Å². The van der Waals surface area contributed by atoms with E-state index in [1.54, 1.807) is 12.1 Å². The van der Waals surface area contributed by atoms with Crippen molar-refractivity contribution in [2.75, 3.05) is 25.5 Å². The van der Waals surface area contributed by atoms with Gasteiger partial charge >= 0.3 is 0 Å². The van der Waals surface area contributed by atoms with E-state index in [2.05, 4.69) is 22.3 Å². The molecule has 24 heavy (non-hydrogen) atoms. The van der Waals surface area contributed by atoms with Gasteiger partial charge in [0.1, 0.15) is 0 Å². The predicted molar refractivity (Wildman–Crippen MR) is 97.9 cm³/mol. The lowest BCUT2D eigenvalue weighted by Crippen LogP contribution is -2.34. The molecule has 2 atom stereocenters. The number of rotatable bonds is 6. The van der Waals surface area contributed by atoms with Gasteiger partial charge in [0.2, 0.25) is 15.9 Å². The van der Waals surface area contributed by atoms with Gasteiger partial charge in [0.25, 0.3) is 0 Å². The number of carbonyl (C=O) groups is 1. The molecule has 0 spiro atoms. The number of amides is 1. The molecule has 136 valence electrons. The van der Waals surface area contributed by atoms with E-state index in [9.17, 15) is 13.2 Å². The van der Waals surface area contributed by atoms with Crippen molar-refractivity contribution < 1.29 is 13.2 Å². The fourth-order valence-corrected chi connectivity index (χ4v) is 3.67. The summed E-state index contributed by atoms with van der Waals surface area (Å²) in [6, 6.07) is 6.28. The van der Waals surface area contributed by atoms with Gasteiger partial charge < -0.3 is 10.6 Å². The molecular weight excluding hydrogens is 350 g/mol. The van der Waals surface area contributed by atoms with Crippen LogP contribution in [0.2, 0.25) is 0 Å². The maximum Gasteiger partial charge on any atom is 0.240 e. The molecule has 3 N–H and O–H groups in total. The minimum absolute atomic E-state index is 0. The lowest BCUT2D eigenvalue weighted by molar-refractivity contribution is -0.117. The Hall–Kier alpha value is -1.15. The third-order valence-corrected chi connectivity index (χ3v) is 5.76. The summed E-state index contributed by atoms with van der Waals surface area (Å²) < 4.78 is 25.9. The number of anilines is 1. The van der Waals surface area contributed by atoms with Crippen LogP contribution in [0, 0.1) is 11.8 Å². The van der Waals surface area contributed by atoms with Gasteiger partial charge in [-0.05, 0) is 63.0 Å². The first-order valence-corrected chi connectivity index (χ1v) is 9.45. The normalized spacial score (nSPS) is 19.2. The zero-order chi connectivity index (χ0) is 16.9. The quantitative estimate of drug-likeness (QED) is 0.709. The molecule has 1 aliphatic heterocycles. The highest BCUT2D eigenvalue weighted by Crippen LogP contribution is 2.23. The van der Waals surface area contributed by atoms with Crippen molar-refractivity contribution in [1.29, 1.82) is 0 Å². The van der Waals surface area contributed by atoms with E-state index in [-0.39, 0.29) is 23.2 Å². The molecule has 6 nitrogen and oxygen atoms in total. The van der Waals surface area contributed by atoms with Crippen molar-refractivity contribution in [3.05, 3.63) is 24.3 Å². The van der Waals surface area contributed by atoms with Gasteiger partial charge in [-0.15, -0.1) is 12.4 Å². The fourth-order valence-electron chi connectivity index (χ4n) is 2.89. The molecule has 1 aromatic rings.